The van der Waals surface area contributed by atoms with E-state index in [1.54, 1.807) is 0 Å². The van der Waals surface area contributed by atoms with Gasteiger partial charge in [-0.2, -0.15) is 0 Å². The Morgan fingerprint density at radius 2 is 1.76 bits per heavy atom. The highest BCUT2D eigenvalue weighted by atomic mass is 79.9. The Labute approximate surface area is 110 Å². The minimum Gasteiger partial charge on any atom is -0.310 e. The van der Waals surface area contributed by atoms with Gasteiger partial charge in [0, 0.05) is 16.1 Å². The number of nitrogens with one attached hydrogen (secondary N) is 1. The van der Waals surface area contributed by atoms with Gasteiger partial charge in [0.1, 0.15) is 11.6 Å². The van der Waals surface area contributed by atoms with Crippen LogP contribution in [0.3, 0.4) is 0 Å². The topological polar surface area (TPSA) is 12.0 Å². The number of halogens is 3. The Morgan fingerprint density at radius 3 is 2.18 bits per heavy atom. The van der Waals surface area contributed by atoms with Gasteiger partial charge in [0.25, 0.3) is 0 Å². The molecule has 0 aliphatic heterocycles. The minimum absolute atomic E-state index is 0.142. The van der Waals surface area contributed by atoms with Crippen molar-refractivity contribution in [3.63, 3.8) is 0 Å². The van der Waals surface area contributed by atoms with Crippen molar-refractivity contribution in [3.8, 4) is 0 Å². The molecule has 0 amide bonds. The van der Waals surface area contributed by atoms with Gasteiger partial charge in [0.2, 0.25) is 0 Å². The summed E-state index contributed by atoms with van der Waals surface area (Å²) in [5.41, 5.74) is 0.142. The second kappa shape index (κ2) is 6.45. The highest BCUT2D eigenvalue weighted by molar-refractivity contribution is 9.10. The number of benzene rings is 1. The van der Waals surface area contributed by atoms with Gasteiger partial charge in [-0.3, -0.25) is 0 Å². The molecule has 0 saturated carbocycles. The van der Waals surface area contributed by atoms with Crippen LogP contribution in [0.1, 0.15) is 38.8 Å². The fourth-order valence-corrected chi connectivity index (χ4v) is 2.31. The van der Waals surface area contributed by atoms with Crippen molar-refractivity contribution in [1.82, 2.24) is 5.32 Å². The first-order valence-corrected chi connectivity index (χ1v) is 6.62. The molecule has 1 aromatic rings. The highest BCUT2D eigenvalue weighted by Crippen LogP contribution is 2.28. The molecule has 17 heavy (non-hydrogen) atoms. The SMILES string of the molecule is CCNC(CC(C)C)c1c(F)cc(Br)cc1F. The fraction of sp³-hybridized carbons (Fsp3) is 0.538. The first kappa shape index (κ1) is 14.6. The smallest absolute Gasteiger partial charge is 0.132 e. The molecule has 0 bridgehead atoms. The molecule has 0 aliphatic rings. The van der Waals surface area contributed by atoms with Gasteiger partial charge in [-0.25, -0.2) is 8.78 Å². The molecule has 0 fully saturated rings. The fourth-order valence-electron chi connectivity index (χ4n) is 1.91. The summed E-state index contributed by atoms with van der Waals surface area (Å²) in [6, 6.07) is 2.35. The Kier molecular flexibility index (Phi) is 5.53. The minimum atomic E-state index is -0.497. The average Bonchev–Trinajstić information content (AvgIpc) is 2.14. The zero-order valence-electron chi connectivity index (χ0n) is 10.4. The monoisotopic (exact) mass is 305 g/mol. The van der Waals surface area contributed by atoms with Crippen molar-refractivity contribution < 1.29 is 8.78 Å². The van der Waals surface area contributed by atoms with Crippen molar-refractivity contribution >= 4 is 15.9 Å². The van der Waals surface area contributed by atoms with Gasteiger partial charge in [-0.05, 0) is 31.0 Å². The summed E-state index contributed by atoms with van der Waals surface area (Å²) >= 11 is 3.09. The average molecular weight is 306 g/mol. The maximum atomic E-state index is 13.8. The Bertz CT molecular complexity index is 357. The third kappa shape index (κ3) is 4.03. The highest BCUT2D eigenvalue weighted by Gasteiger charge is 2.21. The maximum absolute atomic E-state index is 13.8. The van der Waals surface area contributed by atoms with Gasteiger partial charge >= 0.3 is 0 Å². The molecule has 4 heteroatoms. The third-order valence-corrected chi connectivity index (χ3v) is 3.01. The molecule has 1 nitrogen and oxygen atoms in total. The quantitative estimate of drug-likeness (QED) is 0.849. The molecule has 0 aromatic heterocycles. The predicted molar refractivity (Wildman–Crippen MR) is 69.9 cm³/mol. The van der Waals surface area contributed by atoms with Crippen LogP contribution in [-0.2, 0) is 0 Å². The summed E-state index contributed by atoms with van der Waals surface area (Å²) in [5.74, 6) is -0.617. The normalized spacial score (nSPS) is 13.1. The summed E-state index contributed by atoms with van der Waals surface area (Å²) in [6.45, 7) is 6.70. The van der Waals surface area contributed by atoms with E-state index in [1.165, 1.54) is 12.1 Å². The second-order valence-corrected chi connectivity index (χ2v) is 5.44. The van der Waals surface area contributed by atoms with Crippen LogP contribution in [0.2, 0.25) is 0 Å². The van der Waals surface area contributed by atoms with Gasteiger partial charge < -0.3 is 5.32 Å². The van der Waals surface area contributed by atoms with Crippen LogP contribution in [0.4, 0.5) is 8.78 Å². The summed E-state index contributed by atoms with van der Waals surface area (Å²) < 4.78 is 28.1. The summed E-state index contributed by atoms with van der Waals surface area (Å²) in [5, 5.41) is 3.14. The third-order valence-electron chi connectivity index (χ3n) is 2.55. The Hall–Kier alpha value is -0.480. The molecule has 1 N–H and O–H groups in total. The molecule has 1 rings (SSSR count). The zero-order chi connectivity index (χ0) is 13.0. The maximum Gasteiger partial charge on any atom is 0.132 e. The van der Waals surface area contributed by atoms with Crippen LogP contribution in [0.15, 0.2) is 16.6 Å². The molecule has 0 spiro atoms. The van der Waals surface area contributed by atoms with Crippen molar-refractivity contribution in [2.45, 2.75) is 33.2 Å². The molecule has 1 unspecified atom stereocenters. The molecule has 0 radical (unpaired) electrons. The number of hydrogen-bond acceptors (Lipinski definition) is 1. The van der Waals surface area contributed by atoms with Crippen LogP contribution >= 0.6 is 15.9 Å². The van der Waals surface area contributed by atoms with Crippen molar-refractivity contribution in [2.24, 2.45) is 5.92 Å². The van der Waals surface area contributed by atoms with Gasteiger partial charge in [-0.15, -0.1) is 0 Å². The van der Waals surface area contributed by atoms with Crippen LogP contribution in [-0.4, -0.2) is 6.54 Å². The summed E-state index contributed by atoms with van der Waals surface area (Å²) in [4.78, 5) is 0. The van der Waals surface area contributed by atoms with Gasteiger partial charge in [-0.1, -0.05) is 36.7 Å². The largest absolute Gasteiger partial charge is 0.310 e. The Balaban J connectivity index is 3.08. The first-order valence-electron chi connectivity index (χ1n) is 5.83. The lowest BCUT2D eigenvalue weighted by Crippen LogP contribution is -2.24. The molecule has 0 saturated heterocycles. The number of rotatable bonds is 5. The Morgan fingerprint density at radius 1 is 1.24 bits per heavy atom. The van der Waals surface area contributed by atoms with E-state index in [-0.39, 0.29) is 11.6 Å². The molecule has 1 aromatic carbocycles. The van der Waals surface area contributed by atoms with Crippen LogP contribution in [0, 0.1) is 17.6 Å². The molecule has 0 heterocycles. The van der Waals surface area contributed by atoms with Gasteiger partial charge in [0.15, 0.2) is 0 Å². The van der Waals surface area contributed by atoms with E-state index in [2.05, 4.69) is 21.2 Å². The van der Waals surface area contributed by atoms with E-state index in [9.17, 15) is 8.78 Å². The van der Waals surface area contributed by atoms with E-state index < -0.39 is 11.6 Å². The van der Waals surface area contributed by atoms with E-state index >= 15 is 0 Å². The zero-order valence-corrected chi connectivity index (χ0v) is 11.9. The first-order chi connectivity index (χ1) is 7.95. The van der Waals surface area contributed by atoms with E-state index in [1.807, 2.05) is 20.8 Å². The molecule has 96 valence electrons. The van der Waals surface area contributed by atoms with Crippen LogP contribution in [0.5, 0.6) is 0 Å². The van der Waals surface area contributed by atoms with E-state index in [4.69, 9.17) is 0 Å². The summed E-state index contributed by atoms with van der Waals surface area (Å²) in [6.07, 6.45) is 0.712. The standard InChI is InChI=1S/C13H18BrF2N/c1-4-17-12(5-8(2)3)13-10(15)6-9(14)7-11(13)16/h6-8,12,17H,4-5H2,1-3H3. The lowest BCUT2D eigenvalue weighted by molar-refractivity contribution is 0.406. The van der Waals surface area contributed by atoms with E-state index in [0.29, 0.717) is 23.4 Å². The second-order valence-electron chi connectivity index (χ2n) is 4.52. The molecular weight excluding hydrogens is 288 g/mol. The van der Waals surface area contributed by atoms with Crippen LogP contribution < -0.4 is 5.32 Å². The lowest BCUT2D eigenvalue weighted by atomic mass is 9.96. The lowest BCUT2D eigenvalue weighted by Gasteiger charge is -2.21. The van der Waals surface area contributed by atoms with E-state index in [0.717, 1.165) is 0 Å². The van der Waals surface area contributed by atoms with Gasteiger partial charge in [0.05, 0.1) is 0 Å². The predicted octanol–water partition coefficient (Wildman–Crippen LogP) is 4.42. The van der Waals surface area contributed by atoms with Crippen molar-refractivity contribution in [1.29, 1.82) is 0 Å². The molecule has 1 atom stereocenters. The van der Waals surface area contributed by atoms with Crippen molar-refractivity contribution in [3.05, 3.63) is 33.8 Å². The van der Waals surface area contributed by atoms with Crippen molar-refractivity contribution in [2.75, 3.05) is 6.54 Å². The molecular formula is C13H18BrF2N. The van der Waals surface area contributed by atoms with Crippen LogP contribution in [0.25, 0.3) is 0 Å². The summed E-state index contributed by atoms with van der Waals surface area (Å²) in [7, 11) is 0. The number of hydrogen-bond donors (Lipinski definition) is 1. The molecule has 0 aliphatic carbocycles.